The summed E-state index contributed by atoms with van der Waals surface area (Å²) in [5.41, 5.74) is 5.55. The highest BCUT2D eigenvalue weighted by atomic mass is 35.5. The number of benzene rings is 2. The minimum absolute atomic E-state index is 0.0180. The molecule has 0 heterocycles. The van der Waals surface area contributed by atoms with Gasteiger partial charge in [0.2, 0.25) is 5.91 Å². The molecule has 6 nitrogen and oxygen atoms in total. The second-order valence-corrected chi connectivity index (χ2v) is 7.57. The van der Waals surface area contributed by atoms with E-state index in [1.807, 2.05) is 6.92 Å². The number of nitrogens with zero attached hydrogens (tertiary/aromatic N) is 1. The minimum Gasteiger partial charge on any atom is -0.494 e. The summed E-state index contributed by atoms with van der Waals surface area (Å²) in [5, 5.41) is 0.415. The van der Waals surface area contributed by atoms with E-state index in [4.69, 9.17) is 22.1 Å². The van der Waals surface area contributed by atoms with Crippen LogP contribution in [0.2, 0.25) is 5.02 Å². The largest absolute Gasteiger partial charge is 0.494 e. The van der Waals surface area contributed by atoms with Gasteiger partial charge >= 0.3 is 0 Å². The number of carbonyl (C=O) groups is 1. The molecule has 0 spiro atoms. The molecule has 8 heteroatoms. The number of sulfonamides is 1. The fourth-order valence-corrected chi connectivity index (χ4v) is 3.68. The van der Waals surface area contributed by atoms with Gasteiger partial charge in [-0.2, -0.15) is 0 Å². The zero-order valence-electron chi connectivity index (χ0n) is 13.7. The van der Waals surface area contributed by atoms with Crippen molar-refractivity contribution >= 4 is 33.2 Å². The van der Waals surface area contributed by atoms with Gasteiger partial charge in [0.1, 0.15) is 12.3 Å². The molecule has 0 aromatic heterocycles. The van der Waals surface area contributed by atoms with Gasteiger partial charge in [-0.3, -0.25) is 9.10 Å². The summed E-state index contributed by atoms with van der Waals surface area (Å²) in [6, 6.07) is 12.1. The van der Waals surface area contributed by atoms with E-state index >= 15 is 0 Å². The number of hydrogen-bond acceptors (Lipinski definition) is 4. The van der Waals surface area contributed by atoms with E-state index in [0.717, 1.165) is 10.7 Å². The molecule has 0 atom stereocenters. The molecule has 134 valence electrons. The van der Waals surface area contributed by atoms with Crippen molar-refractivity contribution in [3.05, 3.63) is 53.6 Å². The van der Waals surface area contributed by atoms with Crippen molar-refractivity contribution in [3.63, 3.8) is 0 Å². The maximum absolute atomic E-state index is 12.9. The lowest BCUT2D eigenvalue weighted by Crippen LogP contribution is -2.38. The summed E-state index contributed by atoms with van der Waals surface area (Å²) in [6.45, 7) is 2.08. The molecular weight excluding hydrogens is 364 g/mol. The smallest absolute Gasteiger partial charge is 0.264 e. The minimum atomic E-state index is -3.96. The molecule has 0 bridgehead atoms. The summed E-state index contributed by atoms with van der Waals surface area (Å²) >= 11 is 5.81. The molecule has 0 unspecified atom stereocenters. The molecular formula is C17H19ClN2O4S. The Morgan fingerprint density at radius 2 is 1.72 bits per heavy atom. The Labute approximate surface area is 152 Å². The molecule has 0 fully saturated rings. The van der Waals surface area contributed by atoms with Gasteiger partial charge in [-0.25, -0.2) is 8.42 Å². The van der Waals surface area contributed by atoms with Crippen LogP contribution in [-0.4, -0.2) is 27.5 Å². The number of nitrogens with two attached hydrogens (primary N) is 1. The highest BCUT2D eigenvalue weighted by Gasteiger charge is 2.26. The number of primary amides is 1. The quantitative estimate of drug-likeness (QED) is 0.760. The third kappa shape index (κ3) is 4.87. The Bertz CT molecular complexity index is 821. The van der Waals surface area contributed by atoms with Crippen LogP contribution in [0.5, 0.6) is 5.75 Å². The standard InChI is InChI=1S/C17H19ClN2O4S/c1-2-11-24-15-7-5-14(6-8-15)20(12-17(19)21)25(22,23)16-9-3-13(18)4-10-16/h3-10H,2,11-12H2,1H3,(H2,19,21). The van der Waals surface area contributed by atoms with Gasteiger partial charge in [0, 0.05) is 5.02 Å². The van der Waals surface area contributed by atoms with Crippen LogP contribution in [0.25, 0.3) is 0 Å². The van der Waals surface area contributed by atoms with Crippen molar-refractivity contribution < 1.29 is 17.9 Å². The van der Waals surface area contributed by atoms with E-state index in [9.17, 15) is 13.2 Å². The first kappa shape index (κ1) is 19.1. The van der Waals surface area contributed by atoms with Crippen molar-refractivity contribution in [3.8, 4) is 5.75 Å². The second kappa shape index (κ2) is 8.22. The molecule has 2 aromatic rings. The Kier molecular flexibility index (Phi) is 6.27. The first-order valence-corrected chi connectivity index (χ1v) is 9.46. The number of carbonyl (C=O) groups excluding carboxylic acids is 1. The zero-order valence-corrected chi connectivity index (χ0v) is 15.3. The van der Waals surface area contributed by atoms with Crippen molar-refractivity contribution in [2.24, 2.45) is 5.73 Å². The molecule has 0 aliphatic rings. The molecule has 0 aliphatic heterocycles. The zero-order chi connectivity index (χ0) is 18.4. The van der Waals surface area contributed by atoms with E-state index in [1.165, 1.54) is 24.3 Å². The molecule has 0 aliphatic carbocycles. The van der Waals surface area contributed by atoms with Crippen molar-refractivity contribution in [1.29, 1.82) is 0 Å². The van der Waals surface area contributed by atoms with Gasteiger partial charge in [-0.15, -0.1) is 0 Å². The number of halogens is 1. The molecule has 2 N–H and O–H groups in total. The lowest BCUT2D eigenvalue weighted by Gasteiger charge is -2.23. The van der Waals surface area contributed by atoms with Gasteiger partial charge < -0.3 is 10.5 Å². The number of hydrogen-bond donors (Lipinski definition) is 1. The van der Waals surface area contributed by atoms with Gasteiger partial charge in [0.25, 0.3) is 10.0 Å². The van der Waals surface area contributed by atoms with Crippen molar-refractivity contribution in [2.45, 2.75) is 18.2 Å². The SMILES string of the molecule is CCCOc1ccc(N(CC(N)=O)S(=O)(=O)c2ccc(Cl)cc2)cc1. The first-order chi connectivity index (χ1) is 11.8. The maximum atomic E-state index is 12.9. The Morgan fingerprint density at radius 1 is 1.12 bits per heavy atom. The highest BCUT2D eigenvalue weighted by molar-refractivity contribution is 7.92. The topological polar surface area (TPSA) is 89.7 Å². The maximum Gasteiger partial charge on any atom is 0.264 e. The third-order valence-electron chi connectivity index (χ3n) is 3.30. The monoisotopic (exact) mass is 382 g/mol. The normalized spacial score (nSPS) is 11.1. The van der Waals surface area contributed by atoms with E-state index in [0.29, 0.717) is 23.1 Å². The van der Waals surface area contributed by atoms with Crippen LogP contribution in [-0.2, 0) is 14.8 Å². The lowest BCUT2D eigenvalue weighted by atomic mass is 10.3. The number of anilines is 1. The summed E-state index contributed by atoms with van der Waals surface area (Å²) in [4.78, 5) is 11.4. The second-order valence-electron chi connectivity index (χ2n) is 5.27. The van der Waals surface area contributed by atoms with Gasteiger partial charge in [-0.05, 0) is 55.0 Å². The third-order valence-corrected chi connectivity index (χ3v) is 5.34. The van der Waals surface area contributed by atoms with Crippen LogP contribution < -0.4 is 14.8 Å². The highest BCUT2D eigenvalue weighted by Crippen LogP contribution is 2.26. The summed E-state index contributed by atoms with van der Waals surface area (Å²) in [7, 11) is -3.96. The molecule has 25 heavy (non-hydrogen) atoms. The van der Waals surface area contributed by atoms with Crippen LogP contribution in [0.4, 0.5) is 5.69 Å². The Balaban J connectivity index is 2.38. The average Bonchev–Trinajstić information content (AvgIpc) is 2.58. The summed E-state index contributed by atoms with van der Waals surface area (Å²) in [6.07, 6.45) is 0.862. The fraction of sp³-hybridized carbons (Fsp3) is 0.235. The summed E-state index contributed by atoms with van der Waals surface area (Å²) in [5.74, 6) is -0.141. The molecule has 0 radical (unpaired) electrons. The van der Waals surface area contributed by atoms with E-state index < -0.39 is 22.5 Å². The van der Waals surface area contributed by atoms with Crippen LogP contribution in [0.1, 0.15) is 13.3 Å². The van der Waals surface area contributed by atoms with Crippen molar-refractivity contribution in [1.82, 2.24) is 0 Å². The van der Waals surface area contributed by atoms with Crippen LogP contribution >= 0.6 is 11.6 Å². The Hall–Kier alpha value is -2.25. The van der Waals surface area contributed by atoms with Gasteiger partial charge in [-0.1, -0.05) is 18.5 Å². The first-order valence-electron chi connectivity index (χ1n) is 7.64. The number of ether oxygens (including phenoxy) is 1. The van der Waals surface area contributed by atoms with Gasteiger partial charge in [0.15, 0.2) is 0 Å². The molecule has 0 saturated carbocycles. The fourth-order valence-electron chi connectivity index (χ4n) is 2.12. The van der Waals surface area contributed by atoms with E-state index in [2.05, 4.69) is 0 Å². The number of amides is 1. The van der Waals surface area contributed by atoms with E-state index in [1.54, 1.807) is 24.3 Å². The predicted molar refractivity (Wildman–Crippen MR) is 97.4 cm³/mol. The average molecular weight is 383 g/mol. The molecule has 0 saturated heterocycles. The van der Waals surface area contributed by atoms with Gasteiger partial charge in [0.05, 0.1) is 17.2 Å². The summed E-state index contributed by atoms with van der Waals surface area (Å²) < 4.78 is 32.2. The van der Waals surface area contributed by atoms with Crippen LogP contribution in [0.15, 0.2) is 53.4 Å². The van der Waals surface area contributed by atoms with E-state index in [-0.39, 0.29) is 4.90 Å². The Morgan fingerprint density at radius 3 is 2.24 bits per heavy atom. The molecule has 1 amide bonds. The molecule has 2 aromatic carbocycles. The van der Waals surface area contributed by atoms with Crippen LogP contribution in [0, 0.1) is 0 Å². The number of rotatable bonds is 8. The van der Waals surface area contributed by atoms with Crippen LogP contribution in [0.3, 0.4) is 0 Å². The lowest BCUT2D eigenvalue weighted by molar-refractivity contribution is -0.116. The van der Waals surface area contributed by atoms with Crippen molar-refractivity contribution in [2.75, 3.05) is 17.5 Å². The molecule has 2 rings (SSSR count). The predicted octanol–water partition coefficient (Wildman–Crippen LogP) is 2.81.